The quantitative estimate of drug-likeness (QED) is 0.442. The van der Waals surface area contributed by atoms with Crippen molar-refractivity contribution >= 4 is 5.97 Å². The number of hydrogen-bond donors (Lipinski definition) is 0. The Morgan fingerprint density at radius 1 is 1.21 bits per heavy atom. The summed E-state index contributed by atoms with van der Waals surface area (Å²) < 4.78 is 15.0. The van der Waals surface area contributed by atoms with Gasteiger partial charge in [-0.05, 0) is 20.3 Å². The van der Waals surface area contributed by atoms with Crippen molar-refractivity contribution in [2.24, 2.45) is 0 Å². The van der Waals surface area contributed by atoms with E-state index in [1.807, 2.05) is 13.8 Å². The van der Waals surface area contributed by atoms with Gasteiger partial charge in [-0.1, -0.05) is 0 Å². The van der Waals surface area contributed by atoms with Crippen LogP contribution in [0.5, 0.6) is 0 Å². The third-order valence-corrected chi connectivity index (χ3v) is 1.47. The fraction of sp³-hybridized carbons (Fsp3) is 0.900. The molecule has 0 amide bonds. The van der Waals surface area contributed by atoms with Crippen molar-refractivity contribution in [3.63, 3.8) is 0 Å². The predicted octanol–water partition coefficient (Wildman–Crippen LogP) is 1.38. The van der Waals surface area contributed by atoms with Gasteiger partial charge in [-0.15, -0.1) is 0 Å². The highest BCUT2D eigenvalue weighted by atomic mass is 16.5. The normalized spacial score (nSPS) is 10.6. The van der Waals surface area contributed by atoms with Crippen molar-refractivity contribution in [3.05, 3.63) is 0 Å². The molecule has 14 heavy (non-hydrogen) atoms. The second kappa shape index (κ2) is 8.97. The second-order valence-corrected chi connectivity index (χ2v) is 3.25. The lowest BCUT2D eigenvalue weighted by Crippen LogP contribution is -2.12. The molecule has 84 valence electrons. The highest BCUT2D eigenvalue weighted by Gasteiger charge is 2.04. The van der Waals surface area contributed by atoms with Crippen molar-refractivity contribution < 1.29 is 19.0 Å². The molecule has 0 aliphatic rings. The Morgan fingerprint density at radius 3 is 2.50 bits per heavy atom. The lowest BCUT2D eigenvalue weighted by atomic mass is 10.3. The van der Waals surface area contributed by atoms with E-state index in [2.05, 4.69) is 0 Å². The first-order valence-electron chi connectivity index (χ1n) is 4.93. The van der Waals surface area contributed by atoms with E-state index in [4.69, 9.17) is 14.2 Å². The number of methoxy groups -OCH3 is 1. The van der Waals surface area contributed by atoms with Gasteiger partial charge in [-0.2, -0.15) is 0 Å². The van der Waals surface area contributed by atoms with Crippen molar-refractivity contribution in [1.29, 1.82) is 0 Å². The first kappa shape index (κ1) is 13.4. The van der Waals surface area contributed by atoms with Crippen LogP contribution in [0.2, 0.25) is 0 Å². The molecule has 0 aliphatic carbocycles. The van der Waals surface area contributed by atoms with E-state index in [9.17, 15) is 4.79 Å². The first-order chi connectivity index (χ1) is 6.66. The minimum Gasteiger partial charge on any atom is -0.463 e. The SMILES string of the molecule is COCCOCCCC(=O)OC(C)C. The highest BCUT2D eigenvalue weighted by molar-refractivity contribution is 5.69. The topological polar surface area (TPSA) is 44.8 Å². The zero-order valence-electron chi connectivity index (χ0n) is 9.25. The average molecular weight is 204 g/mol. The Hall–Kier alpha value is -0.610. The molecule has 0 heterocycles. The Kier molecular flexibility index (Phi) is 8.57. The molecule has 4 nitrogen and oxygen atoms in total. The number of hydrogen-bond acceptors (Lipinski definition) is 4. The Labute approximate surface area is 85.5 Å². The van der Waals surface area contributed by atoms with Gasteiger partial charge in [0.05, 0.1) is 19.3 Å². The number of carbonyl (C=O) groups is 1. The third-order valence-electron chi connectivity index (χ3n) is 1.47. The van der Waals surface area contributed by atoms with Crippen molar-refractivity contribution in [2.75, 3.05) is 26.9 Å². The number of esters is 1. The van der Waals surface area contributed by atoms with Crippen LogP contribution in [0, 0.1) is 0 Å². The molecule has 0 saturated heterocycles. The van der Waals surface area contributed by atoms with Gasteiger partial charge in [0.15, 0.2) is 0 Å². The Balaban J connectivity index is 3.15. The van der Waals surface area contributed by atoms with E-state index in [0.717, 1.165) is 0 Å². The van der Waals surface area contributed by atoms with Gasteiger partial charge >= 0.3 is 5.97 Å². The molecule has 0 rings (SSSR count). The number of ether oxygens (including phenoxy) is 3. The van der Waals surface area contributed by atoms with E-state index in [-0.39, 0.29) is 12.1 Å². The van der Waals surface area contributed by atoms with E-state index in [1.54, 1.807) is 7.11 Å². The fourth-order valence-electron chi connectivity index (χ4n) is 0.885. The summed E-state index contributed by atoms with van der Waals surface area (Å²) in [6.45, 7) is 5.43. The van der Waals surface area contributed by atoms with Crippen LogP contribution in [0.25, 0.3) is 0 Å². The monoisotopic (exact) mass is 204 g/mol. The van der Waals surface area contributed by atoms with E-state index in [0.29, 0.717) is 32.7 Å². The Bertz CT molecular complexity index is 145. The van der Waals surface area contributed by atoms with Crippen LogP contribution in [0.1, 0.15) is 26.7 Å². The molecule has 4 heteroatoms. The van der Waals surface area contributed by atoms with Crippen molar-refractivity contribution in [3.8, 4) is 0 Å². The molecule has 0 atom stereocenters. The molecule has 0 saturated carbocycles. The number of rotatable bonds is 8. The van der Waals surface area contributed by atoms with Crippen LogP contribution >= 0.6 is 0 Å². The van der Waals surface area contributed by atoms with E-state index in [1.165, 1.54) is 0 Å². The number of carbonyl (C=O) groups excluding carboxylic acids is 1. The van der Waals surface area contributed by atoms with Crippen molar-refractivity contribution in [2.45, 2.75) is 32.8 Å². The molecule has 0 N–H and O–H groups in total. The smallest absolute Gasteiger partial charge is 0.306 e. The molecular formula is C10H20O4. The van der Waals surface area contributed by atoms with Crippen molar-refractivity contribution in [1.82, 2.24) is 0 Å². The van der Waals surface area contributed by atoms with E-state index < -0.39 is 0 Å². The van der Waals surface area contributed by atoms with Crippen LogP contribution in [0.4, 0.5) is 0 Å². The predicted molar refractivity (Wildman–Crippen MR) is 53.2 cm³/mol. The molecule has 0 unspecified atom stereocenters. The average Bonchev–Trinajstić information content (AvgIpc) is 2.10. The maximum atomic E-state index is 11.0. The highest BCUT2D eigenvalue weighted by Crippen LogP contribution is 1.97. The molecule has 0 aromatic rings. The summed E-state index contributed by atoms with van der Waals surface area (Å²) in [6, 6.07) is 0. The lowest BCUT2D eigenvalue weighted by molar-refractivity contribution is -0.147. The summed E-state index contributed by atoms with van der Waals surface area (Å²) in [5, 5.41) is 0. The Morgan fingerprint density at radius 2 is 1.93 bits per heavy atom. The van der Waals surface area contributed by atoms with Crippen LogP contribution in [0.15, 0.2) is 0 Å². The van der Waals surface area contributed by atoms with E-state index >= 15 is 0 Å². The zero-order valence-corrected chi connectivity index (χ0v) is 9.25. The maximum absolute atomic E-state index is 11.0. The van der Waals surface area contributed by atoms with Crippen LogP contribution in [0.3, 0.4) is 0 Å². The van der Waals surface area contributed by atoms with Crippen LogP contribution in [-0.4, -0.2) is 39.0 Å². The van der Waals surface area contributed by atoms with Gasteiger partial charge in [0.25, 0.3) is 0 Å². The van der Waals surface area contributed by atoms with Gasteiger partial charge < -0.3 is 14.2 Å². The molecule has 0 aromatic heterocycles. The van der Waals surface area contributed by atoms with Crippen LogP contribution in [-0.2, 0) is 19.0 Å². The second-order valence-electron chi connectivity index (χ2n) is 3.25. The standard InChI is InChI=1S/C10H20O4/c1-9(2)14-10(11)5-4-6-13-8-7-12-3/h9H,4-8H2,1-3H3. The van der Waals surface area contributed by atoms with Gasteiger partial charge in [-0.25, -0.2) is 0 Å². The minimum absolute atomic E-state index is 0.0306. The largest absolute Gasteiger partial charge is 0.463 e. The molecule has 0 fully saturated rings. The van der Waals surface area contributed by atoms with Gasteiger partial charge in [0.1, 0.15) is 0 Å². The summed E-state index contributed by atoms with van der Waals surface area (Å²) in [5.41, 5.74) is 0. The summed E-state index contributed by atoms with van der Waals surface area (Å²) in [5.74, 6) is -0.157. The van der Waals surface area contributed by atoms with Gasteiger partial charge in [0.2, 0.25) is 0 Å². The third kappa shape index (κ3) is 9.48. The minimum atomic E-state index is -0.157. The summed E-state index contributed by atoms with van der Waals surface area (Å²) in [7, 11) is 1.63. The molecule has 0 bridgehead atoms. The molecule has 0 aliphatic heterocycles. The fourth-order valence-corrected chi connectivity index (χ4v) is 0.885. The molecule has 0 aromatic carbocycles. The molecule has 0 spiro atoms. The zero-order chi connectivity index (χ0) is 10.8. The van der Waals surface area contributed by atoms with Gasteiger partial charge in [0, 0.05) is 20.1 Å². The molecular weight excluding hydrogens is 184 g/mol. The summed E-state index contributed by atoms with van der Waals surface area (Å²) >= 11 is 0. The maximum Gasteiger partial charge on any atom is 0.306 e. The van der Waals surface area contributed by atoms with Gasteiger partial charge in [-0.3, -0.25) is 4.79 Å². The summed E-state index contributed by atoms with van der Waals surface area (Å²) in [4.78, 5) is 11.0. The molecule has 0 radical (unpaired) electrons. The van der Waals surface area contributed by atoms with Crippen LogP contribution < -0.4 is 0 Å². The first-order valence-corrected chi connectivity index (χ1v) is 4.93. The summed E-state index contributed by atoms with van der Waals surface area (Å²) in [6.07, 6.45) is 1.09. The lowest BCUT2D eigenvalue weighted by Gasteiger charge is -2.07.